The monoisotopic (exact) mass is 499 g/mol. The van der Waals surface area contributed by atoms with Crippen LogP contribution in [0, 0.1) is 0 Å². The number of rotatable bonds is 8. The number of fused-ring (bicyclic) bond motifs is 1. The standard InChI is InChI=1S/C20H29N5O2.HI/c1-4-22-20(23-7-9-25-8-6-21-14-25)24-13-17-12-19-16(10-15(3)27-19)11-18(17)26-5-2;/h6,8,11-12,14-15H,4-5,7,9-10,13H2,1-3H3,(H2,22,23,24);1H. The fourth-order valence-electron chi connectivity index (χ4n) is 3.12. The van der Waals surface area contributed by atoms with Gasteiger partial charge in [0.2, 0.25) is 0 Å². The topological polar surface area (TPSA) is 72.7 Å². The Kier molecular flexibility index (Phi) is 8.88. The molecule has 1 aromatic heterocycles. The highest BCUT2D eigenvalue weighted by molar-refractivity contribution is 14.0. The van der Waals surface area contributed by atoms with Gasteiger partial charge >= 0.3 is 0 Å². The minimum absolute atomic E-state index is 0. The molecule has 7 nitrogen and oxygen atoms in total. The van der Waals surface area contributed by atoms with Gasteiger partial charge in [-0.05, 0) is 32.9 Å². The van der Waals surface area contributed by atoms with E-state index in [4.69, 9.17) is 14.5 Å². The highest BCUT2D eigenvalue weighted by atomic mass is 127. The molecule has 0 amide bonds. The minimum Gasteiger partial charge on any atom is -0.494 e. The maximum absolute atomic E-state index is 5.90. The number of imidazole rings is 1. The molecule has 28 heavy (non-hydrogen) atoms. The summed E-state index contributed by atoms with van der Waals surface area (Å²) in [6.45, 7) is 9.72. The summed E-state index contributed by atoms with van der Waals surface area (Å²) >= 11 is 0. The Morgan fingerprint density at radius 2 is 2.21 bits per heavy atom. The van der Waals surface area contributed by atoms with Crippen molar-refractivity contribution in [3.63, 3.8) is 0 Å². The number of hydrogen-bond acceptors (Lipinski definition) is 4. The van der Waals surface area contributed by atoms with Crippen molar-refractivity contribution in [2.75, 3.05) is 19.7 Å². The number of halogens is 1. The number of aliphatic imine (C=N–C) groups is 1. The third kappa shape index (κ3) is 6.02. The zero-order chi connectivity index (χ0) is 19.1. The fraction of sp³-hybridized carbons (Fsp3) is 0.500. The van der Waals surface area contributed by atoms with E-state index >= 15 is 0 Å². The van der Waals surface area contributed by atoms with E-state index in [9.17, 15) is 0 Å². The van der Waals surface area contributed by atoms with Crippen LogP contribution in [-0.2, 0) is 19.5 Å². The highest BCUT2D eigenvalue weighted by Crippen LogP contribution is 2.35. The summed E-state index contributed by atoms with van der Waals surface area (Å²) in [5.74, 6) is 2.64. The van der Waals surface area contributed by atoms with Gasteiger partial charge in [-0.2, -0.15) is 0 Å². The van der Waals surface area contributed by atoms with E-state index in [1.807, 2.05) is 24.0 Å². The second-order valence-corrected chi connectivity index (χ2v) is 6.56. The molecule has 8 heteroatoms. The Hall–Kier alpha value is -1.97. The Morgan fingerprint density at radius 1 is 1.36 bits per heavy atom. The first-order valence-corrected chi connectivity index (χ1v) is 9.62. The summed E-state index contributed by atoms with van der Waals surface area (Å²) in [5.41, 5.74) is 2.25. The smallest absolute Gasteiger partial charge is 0.191 e. The molecule has 2 N–H and O–H groups in total. The van der Waals surface area contributed by atoms with Crippen molar-refractivity contribution in [1.29, 1.82) is 0 Å². The van der Waals surface area contributed by atoms with E-state index in [0.717, 1.165) is 49.1 Å². The Balaban J connectivity index is 0.00000280. The van der Waals surface area contributed by atoms with Gasteiger partial charge in [-0.3, -0.25) is 0 Å². The number of benzene rings is 1. The van der Waals surface area contributed by atoms with Crippen LogP contribution in [0.4, 0.5) is 0 Å². The van der Waals surface area contributed by atoms with Crippen molar-refractivity contribution in [1.82, 2.24) is 20.2 Å². The van der Waals surface area contributed by atoms with Crippen LogP contribution in [0.3, 0.4) is 0 Å². The van der Waals surface area contributed by atoms with Gasteiger partial charge in [-0.25, -0.2) is 9.98 Å². The van der Waals surface area contributed by atoms with E-state index < -0.39 is 0 Å². The lowest BCUT2D eigenvalue weighted by atomic mass is 10.1. The van der Waals surface area contributed by atoms with Gasteiger partial charge in [0, 0.05) is 49.6 Å². The maximum Gasteiger partial charge on any atom is 0.191 e. The number of aromatic nitrogens is 2. The van der Waals surface area contributed by atoms with Crippen LogP contribution in [-0.4, -0.2) is 41.3 Å². The molecule has 2 heterocycles. The van der Waals surface area contributed by atoms with E-state index in [0.29, 0.717) is 13.2 Å². The van der Waals surface area contributed by atoms with Crippen LogP contribution in [0.15, 0.2) is 35.8 Å². The zero-order valence-corrected chi connectivity index (χ0v) is 19.1. The van der Waals surface area contributed by atoms with E-state index in [2.05, 4.69) is 41.6 Å². The molecule has 0 fully saturated rings. The zero-order valence-electron chi connectivity index (χ0n) is 16.8. The fourth-order valence-corrected chi connectivity index (χ4v) is 3.12. The van der Waals surface area contributed by atoms with Crippen LogP contribution in [0.2, 0.25) is 0 Å². The summed E-state index contributed by atoms with van der Waals surface area (Å²) in [6, 6.07) is 4.18. The maximum atomic E-state index is 5.90. The molecule has 1 unspecified atom stereocenters. The molecule has 1 aliphatic rings. The molecule has 1 aliphatic heterocycles. The van der Waals surface area contributed by atoms with Gasteiger partial charge < -0.3 is 24.7 Å². The van der Waals surface area contributed by atoms with Crippen molar-refractivity contribution in [2.45, 2.75) is 46.4 Å². The Morgan fingerprint density at radius 3 is 2.93 bits per heavy atom. The SMILES string of the molecule is CCNC(=NCc1cc2c(cc1OCC)CC(C)O2)NCCn1ccnc1.I. The second kappa shape index (κ2) is 11.1. The molecule has 0 saturated heterocycles. The van der Waals surface area contributed by atoms with Gasteiger partial charge in [0.15, 0.2) is 5.96 Å². The first kappa shape index (κ1) is 22.3. The van der Waals surface area contributed by atoms with Crippen molar-refractivity contribution < 1.29 is 9.47 Å². The molecule has 0 spiro atoms. The Bertz CT molecular complexity index is 764. The molecule has 0 radical (unpaired) electrons. The third-order valence-corrected chi connectivity index (χ3v) is 4.35. The van der Waals surface area contributed by atoms with Gasteiger partial charge in [-0.1, -0.05) is 0 Å². The summed E-state index contributed by atoms with van der Waals surface area (Å²) in [7, 11) is 0. The van der Waals surface area contributed by atoms with E-state index in [1.165, 1.54) is 5.56 Å². The van der Waals surface area contributed by atoms with Crippen molar-refractivity contribution in [3.8, 4) is 11.5 Å². The van der Waals surface area contributed by atoms with Crippen LogP contribution in [0.1, 0.15) is 31.9 Å². The molecule has 2 aromatic rings. The summed E-state index contributed by atoms with van der Waals surface area (Å²) < 4.78 is 13.8. The lowest BCUT2D eigenvalue weighted by molar-refractivity contribution is 0.254. The third-order valence-electron chi connectivity index (χ3n) is 4.35. The molecule has 1 atom stereocenters. The summed E-state index contributed by atoms with van der Waals surface area (Å²) in [5, 5.41) is 6.64. The average Bonchev–Trinajstić information content (AvgIpc) is 3.28. The number of nitrogens with zero attached hydrogens (tertiary/aromatic N) is 3. The van der Waals surface area contributed by atoms with Crippen LogP contribution in [0.25, 0.3) is 0 Å². The van der Waals surface area contributed by atoms with Gasteiger partial charge in [0.05, 0.1) is 19.5 Å². The summed E-state index contributed by atoms with van der Waals surface area (Å²) in [6.07, 6.45) is 6.69. The average molecular weight is 499 g/mol. The van der Waals surface area contributed by atoms with E-state index in [-0.39, 0.29) is 30.1 Å². The van der Waals surface area contributed by atoms with Gasteiger partial charge in [0.1, 0.15) is 17.6 Å². The number of hydrogen-bond donors (Lipinski definition) is 2. The van der Waals surface area contributed by atoms with Crippen LogP contribution < -0.4 is 20.1 Å². The first-order valence-electron chi connectivity index (χ1n) is 9.62. The lowest BCUT2D eigenvalue weighted by Gasteiger charge is -2.14. The molecular weight excluding hydrogens is 469 g/mol. The number of ether oxygens (including phenoxy) is 2. The van der Waals surface area contributed by atoms with Gasteiger partial charge in [0.25, 0.3) is 0 Å². The summed E-state index contributed by atoms with van der Waals surface area (Å²) in [4.78, 5) is 8.78. The molecule has 0 saturated carbocycles. The molecule has 1 aromatic carbocycles. The first-order chi connectivity index (χ1) is 13.2. The number of guanidine groups is 1. The second-order valence-electron chi connectivity index (χ2n) is 6.56. The van der Waals surface area contributed by atoms with Crippen molar-refractivity contribution in [2.24, 2.45) is 4.99 Å². The number of nitrogens with one attached hydrogen (secondary N) is 2. The van der Waals surface area contributed by atoms with Crippen LogP contribution >= 0.6 is 24.0 Å². The molecule has 0 bridgehead atoms. The molecule has 154 valence electrons. The largest absolute Gasteiger partial charge is 0.494 e. The quantitative estimate of drug-likeness (QED) is 0.332. The minimum atomic E-state index is 0. The predicted molar refractivity (Wildman–Crippen MR) is 122 cm³/mol. The molecule has 0 aliphatic carbocycles. The normalized spacial score (nSPS) is 15.4. The van der Waals surface area contributed by atoms with Crippen LogP contribution in [0.5, 0.6) is 11.5 Å². The van der Waals surface area contributed by atoms with Crippen molar-refractivity contribution in [3.05, 3.63) is 42.0 Å². The predicted octanol–water partition coefficient (Wildman–Crippen LogP) is 2.98. The van der Waals surface area contributed by atoms with E-state index in [1.54, 1.807) is 6.20 Å². The molecule has 3 rings (SSSR count). The molecular formula is C20H30IN5O2. The van der Waals surface area contributed by atoms with Gasteiger partial charge in [-0.15, -0.1) is 24.0 Å². The van der Waals surface area contributed by atoms with Crippen molar-refractivity contribution >= 4 is 29.9 Å². The highest BCUT2D eigenvalue weighted by Gasteiger charge is 2.21. The Labute approximate surface area is 184 Å². The lowest BCUT2D eigenvalue weighted by Crippen LogP contribution is -2.38.